The molecule has 39 heavy (non-hydrogen) atoms. The van der Waals surface area contributed by atoms with Crippen molar-refractivity contribution in [3.05, 3.63) is 94.8 Å². The van der Waals surface area contributed by atoms with Gasteiger partial charge in [-0.3, -0.25) is 9.69 Å². The Bertz CT molecular complexity index is 1440. The molecule has 0 bridgehead atoms. The number of amides is 1. The molecule has 5 nitrogen and oxygen atoms in total. The average Bonchev–Trinajstić information content (AvgIpc) is 3.27. The van der Waals surface area contributed by atoms with Crippen molar-refractivity contribution in [2.75, 3.05) is 39.4 Å². The van der Waals surface area contributed by atoms with Crippen molar-refractivity contribution >= 4 is 28.4 Å². The Hall–Kier alpha value is -3.19. The maximum Gasteiger partial charge on any atom is 0.242 e. The molecule has 3 heterocycles. The molecule has 202 valence electrons. The SMILES string of the molecule is O=C(Cn1c(-c2ccccc2)c(CN2CCC(c3c(F)cccc3Cl)CC2)c2ccccc21)N1CCOCC1. The van der Waals surface area contributed by atoms with Gasteiger partial charge in [-0.1, -0.05) is 66.2 Å². The normalized spacial score (nSPS) is 17.1. The summed E-state index contributed by atoms with van der Waals surface area (Å²) in [6.45, 7) is 5.20. The number of ether oxygens (including phenoxy) is 1. The van der Waals surface area contributed by atoms with Gasteiger partial charge in [0.25, 0.3) is 0 Å². The van der Waals surface area contributed by atoms with Crippen molar-refractivity contribution < 1.29 is 13.9 Å². The molecule has 1 amide bonds. The van der Waals surface area contributed by atoms with Gasteiger partial charge < -0.3 is 14.2 Å². The molecular weight excluding hydrogens is 513 g/mol. The lowest BCUT2D eigenvalue weighted by atomic mass is 9.88. The number of para-hydroxylation sites is 1. The van der Waals surface area contributed by atoms with E-state index in [2.05, 4.69) is 51.9 Å². The van der Waals surface area contributed by atoms with Crippen LogP contribution in [0, 0.1) is 5.82 Å². The Morgan fingerprint density at radius 2 is 1.62 bits per heavy atom. The largest absolute Gasteiger partial charge is 0.378 e. The first-order valence-electron chi connectivity index (χ1n) is 13.8. The summed E-state index contributed by atoms with van der Waals surface area (Å²) < 4.78 is 22.3. The Balaban J connectivity index is 1.32. The van der Waals surface area contributed by atoms with E-state index >= 15 is 0 Å². The fourth-order valence-corrected chi connectivity index (χ4v) is 6.49. The number of rotatable bonds is 6. The third kappa shape index (κ3) is 5.33. The molecule has 0 radical (unpaired) electrons. The van der Waals surface area contributed by atoms with Gasteiger partial charge in [-0.15, -0.1) is 0 Å². The molecule has 0 atom stereocenters. The van der Waals surface area contributed by atoms with E-state index in [4.69, 9.17) is 16.3 Å². The second-order valence-corrected chi connectivity index (χ2v) is 10.9. The summed E-state index contributed by atoms with van der Waals surface area (Å²) in [4.78, 5) is 17.8. The molecule has 0 unspecified atom stereocenters. The summed E-state index contributed by atoms with van der Waals surface area (Å²) in [6, 6.07) is 23.7. The van der Waals surface area contributed by atoms with Crippen LogP contribution < -0.4 is 0 Å². The first-order valence-corrected chi connectivity index (χ1v) is 14.1. The maximum atomic E-state index is 14.6. The highest BCUT2D eigenvalue weighted by Crippen LogP contribution is 2.38. The molecule has 2 saturated heterocycles. The minimum atomic E-state index is -0.208. The van der Waals surface area contributed by atoms with Crippen LogP contribution in [0.1, 0.15) is 29.9 Å². The fourth-order valence-electron chi connectivity index (χ4n) is 6.18. The first-order chi connectivity index (χ1) is 19.1. The maximum absolute atomic E-state index is 14.6. The van der Waals surface area contributed by atoms with Crippen LogP contribution in [0.2, 0.25) is 5.02 Å². The quantitative estimate of drug-likeness (QED) is 0.284. The molecule has 3 aromatic carbocycles. The number of aromatic nitrogens is 1. The van der Waals surface area contributed by atoms with E-state index < -0.39 is 0 Å². The van der Waals surface area contributed by atoms with Crippen LogP contribution in [0.3, 0.4) is 0 Å². The summed E-state index contributed by atoms with van der Waals surface area (Å²) in [5.74, 6) is 0.0294. The molecule has 0 saturated carbocycles. The van der Waals surface area contributed by atoms with Gasteiger partial charge in [0.2, 0.25) is 5.91 Å². The number of piperidine rings is 1. The minimum Gasteiger partial charge on any atom is -0.378 e. The van der Waals surface area contributed by atoms with E-state index in [1.54, 1.807) is 12.1 Å². The predicted octanol–water partition coefficient (Wildman–Crippen LogP) is 6.34. The van der Waals surface area contributed by atoms with Crippen molar-refractivity contribution in [2.45, 2.75) is 31.8 Å². The lowest BCUT2D eigenvalue weighted by Crippen LogP contribution is -2.42. The number of carbonyl (C=O) groups is 1. The highest BCUT2D eigenvalue weighted by Gasteiger charge is 2.28. The zero-order chi connectivity index (χ0) is 26.8. The van der Waals surface area contributed by atoms with Crippen LogP contribution in [0.5, 0.6) is 0 Å². The van der Waals surface area contributed by atoms with Crippen LogP contribution in [-0.2, 0) is 22.6 Å². The van der Waals surface area contributed by atoms with Crippen molar-refractivity contribution in [1.82, 2.24) is 14.4 Å². The number of benzene rings is 3. The molecule has 2 aliphatic heterocycles. The third-order valence-corrected chi connectivity index (χ3v) is 8.49. The highest BCUT2D eigenvalue weighted by molar-refractivity contribution is 6.31. The fraction of sp³-hybridized carbons (Fsp3) is 0.344. The van der Waals surface area contributed by atoms with Gasteiger partial charge in [0.05, 0.1) is 18.9 Å². The second-order valence-electron chi connectivity index (χ2n) is 10.5. The Kier molecular flexibility index (Phi) is 7.69. The summed E-state index contributed by atoms with van der Waals surface area (Å²) in [5, 5.41) is 1.69. The summed E-state index contributed by atoms with van der Waals surface area (Å²) in [5.41, 5.74) is 5.15. The summed E-state index contributed by atoms with van der Waals surface area (Å²) >= 11 is 6.39. The molecule has 6 rings (SSSR count). The van der Waals surface area contributed by atoms with E-state index in [-0.39, 0.29) is 17.6 Å². The summed E-state index contributed by atoms with van der Waals surface area (Å²) in [7, 11) is 0. The lowest BCUT2D eigenvalue weighted by molar-refractivity contribution is -0.135. The number of halogens is 2. The molecule has 4 aromatic rings. The third-order valence-electron chi connectivity index (χ3n) is 8.16. The second kappa shape index (κ2) is 11.5. The molecule has 0 aliphatic carbocycles. The number of fused-ring (bicyclic) bond motifs is 1. The smallest absolute Gasteiger partial charge is 0.242 e. The van der Waals surface area contributed by atoms with Crippen molar-refractivity contribution in [3.8, 4) is 11.3 Å². The number of hydrogen-bond acceptors (Lipinski definition) is 3. The van der Waals surface area contributed by atoms with E-state index in [0.717, 1.165) is 49.2 Å². The van der Waals surface area contributed by atoms with Gasteiger partial charge in [-0.2, -0.15) is 0 Å². The highest BCUT2D eigenvalue weighted by atomic mass is 35.5. The van der Waals surface area contributed by atoms with Crippen LogP contribution in [0.4, 0.5) is 4.39 Å². The number of hydrogen-bond donors (Lipinski definition) is 0. The zero-order valence-corrected chi connectivity index (χ0v) is 22.7. The van der Waals surface area contributed by atoms with E-state index in [9.17, 15) is 9.18 Å². The van der Waals surface area contributed by atoms with Crippen molar-refractivity contribution in [1.29, 1.82) is 0 Å². The number of nitrogens with zero attached hydrogens (tertiary/aromatic N) is 3. The molecule has 2 fully saturated rings. The average molecular weight is 546 g/mol. The van der Waals surface area contributed by atoms with E-state index in [0.29, 0.717) is 43.4 Å². The zero-order valence-electron chi connectivity index (χ0n) is 22.0. The van der Waals surface area contributed by atoms with Gasteiger partial charge >= 0.3 is 0 Å². The Labute approximate surface area is 233 Å². The van der Waals surface area contributed by atoms with Crippen LogP contribution in [0.15, 0.2) is 72.8 Å². The van der Waals surface area contributed by atoms with Crippen molar-refractivity contribution in [2.24, 2.45) is 0 Å². The molecule has 0 spiro atoms. The van der Waals surface area contributed by atoms with E-state index in [1.165, 1.54) is 17.0 Å². The van der Waals surface area contributed by atoms with E-state index in [1.807, 2.05) is 17.0 Å². The molecule has 2 aliphatic rings. The van der Waals surface area contributed by atoms with Gasteiger partial charge in [0.15, 0.2) is 0 Å². The Morgan fingerprint density at radius 1 is 0.897 bits per heavy atom. The van der Waals surface area contributed by atoms with Crippen LogP contribution >= 0.6 is 11.6 Å². The van der Waals surface area contributed by atoms with Crippen LogP contribution in [0.25, 0.3) is 22.2 Å². The van der Waals surface area contributed by atoms with Crippen molar-refractivity contribution in [3.63, 3.8) is 0 Å². The molecular formula is C32H33ClFN3O2. The first kappa shape index (κ1) is 26.1. The standard InChI is InChI=1S/C32H33ClFN3O2/c33-27-10-6-11-28(34)31(27)23-13-15-35(16-14-23)21-26-25-9-4-5-12-29(25)37(32(26)24-7-2-1-3-8-24)22-30(38)36-17-19-39-20-18-36/h1-12,23H,13-22H2. The minimum absolute atomic E-state index is 0.116. The van der Waals surface area contributed by atoms with Gasteiger partial charge in [0, 0.05) is 41.1 Å². The van der Waals surface area contributed by atoms with Crippen LogP contribution in [-0.4, -0.2) is 59.7 Å². The van der Waals surface area contributed by atoms with Gasteiger partial charge in [0.1, 0.15) is 12.4 Å². The topological polar surface area (TPSA) is 37.7 Å². The molecule has 7 heteroatoms. The predicted molar refractivity (Wildman–Crippen MR) is 153 cm³/mol. The van der Waals surface area contributed by atoms with Gasteiger partial charge in [-0.25, -0.2) is 4.39 Å². The number of morpholine rings is 1. The summed E-state index contributed by atoms with van der Waals surface area (Å²) in [6.07, 6.45) is 1.71. The number of carbonyl (C=O) groups excluding carboxylic acids is 1. The number of likely N-dealkylation sites (tertiary alicyclic amines) is 1. The van der Waals surface area contributed by atoms with Gasteiger partial charge in [-0.05, 0) is 61.2 Å². The molecule has 1 aromatic heterocycles. The lowest BCUT2D eigenvalue weighted by Gasteiger charge is -2.33. The molecule has 0 N–H and O–H groups in total. The Morgan fingerprint density at radius 3 is 2.36 bits per heavy atom. The monoisotopic (exact) mass is 545 g/mol.